The van der Waals surface area contributed by atoms with E-state index < -0.39 is 0 Å². The molecule has 1 N–H and O–H groups in total. The van der Waals surface area contributed by atoms with Crippen molar-refractivity contribution < 1.29 is 9.47 Å². The summed E-state index contributed by atoms with van der Waals surface area (Å²) in [5.41, 5.74) is 1.74. The van der Waals surface area contributed by atoms with Crippen LogP contribution in [0.25, 0.3) is 17.0 Å². The van der Waals surface area contributed by atoms with Gasteiger partial charge in [-0.2, -0.15) is 0 Å². The molecule has 6 heteroatoms. The van der Waals surface area contributed by atoms with E-state index in [1.54, 1.807) is 20.4 Å². The number of imidazole rings is 1. The predicted molar refractivity (Wildman–Crippen MR) is 102 cm³/mol. The van der Waals surface area contributed by atoms with Crippen LogP contribution in [-0.4, -0.2) is 34.6 Å². The maximum atomic E-state index is 5.59. The average Bonchev–Trinajstić information content (AvgIpc) is 3.06. The van der Waals surface area contributed by atoms with E-state index in [1.165, 1.54) is 32.1 Å². The topological polar surface area (TPSA) is 60.7 Å². The SMILES string of the molecule is COc1ccc(OC)c(-c2nc3ncccn3c2NC2CCCCC2)c1. The molecule has 3 aromatic rings. The number of nitrogens with one attached hydrogen (secondary N) is 1. The maximum absolute atomic E-state index is 5.59. The summed E-state index contributed by atoms with van der Waals surface area (Å²) in [6, 6.07) is 8.15. The third-order valence-corrected chi connectivity index (χ3v) is 5.01. The molecule has 0 saturated heterocycles. The van der Waals surface area contributed by atoms with Crippen LogP contribution in [0.1, 0.15) is 32.1 Å². The van der Waals surface area contributed by atoms with Crippen molar-refractivity contribution in [1.82, 2.24) is 14.4 Å². The highest BCUT2D eigenvalue weighted by molar-refractivity contribution is 5.80. The van der Waals surface area contributed by atoms with Crippen molar-refractivity contribution in [2.24, 2.45) is 0 Å². The highest BCUT2D eigenvalue weighted by Gasteiger charge is 2.22. The molecule has 0 atom stereocenters. The van der Waals surface area contributed by atoms with Crippen LogP contribution in [0.2, 0.25) is 0 Å². The molecule has 2 aromatic heterocycles. The third-order valence-electron chi connectivity index (χ3n) is 5.01. The van der Waals surface area contributed by atoms with Crippen LogP contribution in [0.4, 0.5) is 5.82 Å². The molecule has 0 amide bonds. The Morgan fingerprint density at radius 1 is 1.12 bits per heavy atom. The Balaban J connectivity index is 1.85. The summed E-state index contributed by atoms with van der Waals surface area (Å²) in [6.45, 7) is 0. The van der Waals surface area contributed by atoms with Crippen LogP contribution in [0.3, 0.4) is 0 Å². The Kier molecular flexibility index (Phi) is 4.65. The monoisotopic (exact) mass is 352 g/mol. The fourth-order valence-corrected chi connectivity index (χ4v) is 3.65. The first-order valence-electron chi connectivity index (χ1n) is 9.12. The standard InChI is InChI=1S/C20H24N4O2/c1-25-15-9-10-17(26-2)16(13-15)18-19(22-14-7-4-3-5-8-14)24-12-6-11-21-20(24)23-18/h6,9-14,22H,3-5,7-8H2,1-2H3. The van der Waals surface area contributed by atoms with E-state index in [9.17, 15) is 0 Å². The molecule has 1 aliphatic carbocycles. The van der Waals surface area contributed by atoms with Gasteiger partial charge in [0.15, 0.2) is 0 Å². The second kappa shape index (κ2) is 7.23. The molecule has 1 aliphatic rings. The number of hydrogen-bond donors (Lipinski definition) is 1. The Morgan fingerprint density at radius 3 is 2.73 bits per heavy atom. The fraction of sp³-hybridized carbons (Fsp3) is 0.400. The van der Waals surface area contributed by atoms with E-state index in [2.05, 4.69) is 10.3 Å². The number of fused-ring (bicyclic) bond motifs is 1. The van der Waals surface area contributed by atoms with Crippen molar-refractivity contribution in [3.8, 4) is 22.8 Å². The number of benzene rings is 1. The average molecular weight is 352 g/mol. The van der Waals surface area contributed by atoms with Crippen LogP contribution in [0.5, 0.6) is 11.5 Å². The second-order valence-electron chi connectivity index (χ2n) is 6.64. The Hall–Kier alpha value is -2.76. The Morgan fingerprint density at radius 2 is 1.96 bits per heavy atom. The van der Waals surface area contributed by atoms with Gasteiger partial charge >= 0.3 is 0 Å². The van der Waals surface area contributed by atoms with Crippen molar-refractivity contribution in [2.45, 2.75) is 38.1 Å². The summed E-state index contributed by atoms with van der Waals surface area (Å²) in [7, 11) is 3.34. The zero-order valence-corrected chi connectivity index (χ0v) is 15.2. The van der Waals surface area contributed by atoms with Crippen LogP contribution >= 0.6 is 0 Å². The van der Waals surface area contributed by atoms with Gasteiger partial charge in [-0.05, 0) is 37.1 Å². The van der Waals surface area contributed by atoms with E-state index in [1.807, 2.05) is 34.9 Å². The molecule has 1 saturated carbocycles. The van der Waals surface area contributed by atoms with E-state index >= 15 is 0 Å². The summed E-state index contributed by atoms with van der Waals surface area (Å²) in [6.07, 6.45) is 9.98. The van der Waals surface area contributed by atoms with Crippen molar-refractivity contribution in [2.75, 3.05) is 19.5 Å². The van der Waals surface area contributed by atoms with Gasteiger partial charge in [0, 0.05) is 24.0 Å². The van der Waals surface area contributed by atoms with Gasteiger partial charge < -0.3 is 14.8 Å². The molecular weight excluding hydrogens is 328 g/mol. The van der Waals surface area contributed by atoms with Crippen molar-refractivity contribution in [1.29, 1.82) is 0 Å². The lowest BCUT2D eigenvalue weighted by Gasteiger charge is -2.24. The third kappa shape index (κ3) is 3.07. The van der Waals surface area contributed by atoms with Crippen LogP contribution in [0, 0.1) is 0 Å². The highest BCUT2D eigenvalue weighted by Crippen LogP contribution is 2.38. The van der Waals surface area contributed by atoms with Gasteiger partial charge in [0.1, 0.15) is 23.0 Å². The van der Waals surface area contributed by atoms with Gasteiger partial charge in [-0.3, -0.25) is 4.40 Å². The van der Waals surface area contributed by atoms with Crippen LogP contribution in [-0.2, 0) is 0 Å². The molecule has 0 aliphatic heterocycles. The van der Waals surface area contributed by atoms with Gasteiger partial charge in [-0.15, -0.1) is 0 Å². The van der Waals surface area contributed by atoms with Gasteiger partial charge in [-0.1, -0.05) is 19.3 Å². The summed E-state index contributed by atoms with van der Waals surface area (Å²) in [4.78, 5) is 9.21. The molecule has 2 heterocycles. The first-order valence-corrected chi connectivity index (χ1v) is 9.12. The smallest absolute Gasteiger partial charge is 0.235 e. The number of nitrogens with zero attached hydrogens (tertiary/aromatic N) is 3. The fourth-order valence-electron chi connectivity index (χ4n) is 3.65. The predicted octanol–water partition coefficient (Wildman–Crippen LogP) is 4.16. The number of hydrogen-bond acceptors (Lipinski definition) is 5. The maximum Gasteiger partial charge on any atom is 0.235 e. The molecule has 4 rings (SSSR count). The van der Waals surface area contributed by atoms with E-state index in [4.69, 9.17) is 14.5 Å². The summed E-state index contributed by atoms with van der Waals surface area (Å²) in [5.74, 6) is 3.17. The molecule has 0 spiro atoms. The van der Waals surface area contributed by atoms with E-state index in [-0.39, 0.29) is 0 Å². The summed E-state index contributed by atoms with van der Waals surface area (Å²) in [5, 5.41) is 3.72. The summed E-state index contributed by atoms with van der Waals surface area (Å²) >= 11 is 0. The zero-order chi connectivity index (χ0) is 17.9. The minimum absolute atomic E-state index is 0.458. The number of rotatable bonds is 5. The quantitative estimate of drug-likeness (QED) is 0.747. The number of ether oxygens (including phenoxy) is 2. The molecule has 1 fully saturated rings. The van der Waals surface area contributed by atoms with Gasteiger partial charge in [0.05, 0.1) is 14.2 Å². The van der Waals surface area contributed by atoms with Gasteiger partial charge in [0.2, 0.25) is 5.78 Å². The Labute approximate surface area is 153 Å². The number of methoxy groups -OCH3 is 2. The molecule has 26 heavy (non-hydrogen) atoms. The lowest BCUT2D eigenvalue weighted by Crippen LogP contribution is -2.23. The zero-order valence-electron chi connectivity index (χ0n) is 15.2. The molecule has 1 aromatic carbocycles. The molecule has 0 bridgehead atoms. The first-order chi connectivity index (χ1) is 12.8. The number of aromatic nitrogens is 3. The van der Waals surface area contributed by atoms with Crippen molar-refractivity contribution in [3.63, 3.8) is 0 Å². The molecule has 136 valence electrons. The molecular formula is C20H24N4O2. The van der Waals surface area contributed by atoms with E-state index in [0.717, 1.165) is 28.6 Å². The lowest BCUT2D eigenvalue weighted by atomic mass is 9.95. The second-order valence-corrected chi connectivity index (χ2v) is 6.64. The molecule has 0 unspecified atom stereocenters. The van der Waals surface area contributed by atoms with Crippen LogP contribution in [0.15, 0.2) is 36.7 Å². The summed E-state index contributed by atoms with van der Waals surface area (Å²) < 4.78 is 13.0. The van der Waals surface area contributed by atoms with Gasteiger partial charge in [0.25, 0.3) is 0 Å². The minimum Gasteiger partial charge on any atom is -0.497 e. The lowest BCUT2D eigenvalue weighted by molar-refractivity contribution is 0.404. The minimum atomic E-state index is 0.458. The van der Waals surface area contributed by atoms with Crippen molar-refractivity contribution >= 4 is 11.6 Å². The van der Waals surface area contributed by atoms with Gasteiger partial charge in [-0.25, -0.2) is 9.97 Å². The first kappa shape index (κ1) is 16.7. The largest absolute Gasteiger partial charge is 0.497 e. The van der Waals surface area contributed by atoms with Crippen LogP contribution < -0.4 is 14.8 Å². The molecule has 0 radical (unpaired) electrons. The van der Waals surface area contributed by atoms with Crippen molar-refractivity contribution in [3.05, 3.63) is 36.7 Å². The Bertz CT molecular complexity index is 900. The highest BCUT2D eigenvalue weighted by atomic mass is 16.5. The molecule has 6 nitrogen and oxygen atoms in total. The normalized spacial score (nSPS) is 15.2. The number of anilines is 1. The van der Waals surface area contributed by atoms with E-state index in [0.29, 0.717) is 11.8 Å².